The molecular weight excluding hydrogens is 300 g/mol. The van der Waals surface area contributed by atoms with E-state index in [0.717, 1.165) is 11.8 Å². The fourth-order valence-corrected chi connectivity index (χ4v) is 2.07. The van der Waals surface area contributed by atoms with Crippen LogP contribution in [0.4, 0.5) is 0 Å². The van der Waals surface area contributed by atoms with Crippen LogP contribution >= 0.6 is 0 Å². The van der Waals surface area contributed by atoms with Gasteiger partial charge >= 0.3 is 0 Å². The van der Waals surface area contributed by atoms with Crippen LogP contribution < -0.4 is 18.9 Å². The highest BCUT2D eigenvalue weighted by molar-refractivity contribution is 5.76. The van der Waals surface area contributed by atoms with Crippen molar-refractivity contribution in [2.45, 2.75) is 6.61 Å². The van der Waals surface area contributed by atoms with Crippen molar-refractivity contribution in [1.29, 1.82) is 0 Å². The summed E-state index contributed by atoms with van der Waals surface area (Å²) in [6, 6.07) is 8.22. The van der Waals surface area contributed by atoms with Crippen LogP contribution in [0.15, 0.2) is 30.3 Å². The standard InChI is InChI=1S/C17H18O6/c1-20-14-6-11(9-18)4-5-13(14)23-10-12-7-15(21-2)17(19)16(8-12)22-3/h4-9,19H,10H2,1-3H3. The Morgan fingerprint density at radius 2 is 1.52 bits per heavy atom. The average molecular weight is 318 g/mol. The van der Waals surface area contributed by atoms with Crippen molar-refractivity contribution in [3.63, 3.8) is 0 Å². The molecule has 1 N–H and O–H groups in total. The van der Waals surface area contributed by atoms with Gasteiger partial charge in [-0.05, 0) is 35.9 Å². The highest BCUT2D eigenvalue weighted by Crippen LogP contribution is 2.37. The zero-order valence-corrected chi connectivity index (χ0v) is 13.2. The predicted molar refractivity (Wildman–Crippen MR) is 83.9 cm³/mol. The van der Waals surface area contributed by atoms with Crippen LogP contribution in [0.25, 0.3) is 0 Å². The molecule has 6 heteroatoms. The van der Waals surface area contributed by atoms with Gasteiger partial charge in [-0.3, -0.25) is 4.79 Å². The Morgan fingerprint density at radius 1 is 0.913 bits per heavy atom. The maximum absolute atomic E-state index is 10.8. The number of phenols is 1. The molecule has 0 amide bonds. The molecule has 2 aromatic carbocycles. The van der Waals surface area contributed by atoms with E-state index in [4.69, 9.17) is 18.9 Å². The third-order valence-electron chi connectivity index (χ3n) is 3.26. The summed E-state index contributed by atoms with van der Waals surface area (Å²) in [5.41, 5.74) is 1.25. The van der Waals surface area contributed by atoms with Crippen LogP contribution in [-0.2, 0) is 6.61 Å². The number of hydrogen-bond donors (Lipinski definition) is 1. The monoisotopic (exact) mass is 318 g/mol. The number of rotatable bonds is 7. The van der Waals surface area contributed by atoms with Crippen LogP contribution in [0.1, 0.15) is 15.9 Å². The Morgan fingerprint density at radius 3 is 2.04 bits per heavy atom. The molecule has 6 nitrogen and oxygen atoms in total. The minimum absolute atomic E-state index is 0.0633. The van der Waals surface area contributed by atoms with Crippen LogP contribution in [-0.4, -0.2) is 32.7 Å². The third-order valence-corrected chi connectivity index (χ3v) is 3.26. The number of carbonyl (C=O) groups is 1. The maximum Gasteiger partial charge on any atom is 0.200 e. The molecule has 0 heterocycles. The SMILES string of the molecule is COc1cc(C=O)ccc1OCc1cc(OC)c(O)c(OC)c1. The number of aromatic hydroxyl groups is 1. The molecule has 0 atom stereocenters. The van der Waals surface area contributed by atoms with Crippen molar-refractivity contribution < 1.29 is 28.8 Å². The molecule has 2 aromatic rings. The number of aldehydes is 1. The Labute approximate surface area is 134 Å². The second kappa shape index (κ2) is 7.40. The molecule has 0 fully saturated rings. The number of phenolic OH excluding ortho intramolecular Hbond substituents is 1. The average Bonchev–Trinajstić information content (AvgIpc) is 2.60. The summed E-state index contributed by atoms with van der Waals surface area (Å²) in [6.45, 7) is 0.212. The van der Waals surface area contributed by atoms with Crippen molar-refractivity contribution in [2.75, 3.05) is 21.3 Å². The Hall–Kier alpha value is -2.89. The Balaban J connectivity index is 2.22. The number of ether oxygens (including phenoxy) is 4. The number of hydrogen-bond acceptors (Lipinski definition) is 6. The molecule has 0 aliphatic carbocycles. The van der Waals surface area contributed by atoms with E-state index in [1.165, 1.54) is 21.3 Å². The van der Waals surface area contributed by atoms with Crippen molar-refractivity contribution in [3.8, 4) is 28.7 Å². The van der Waals surface area contributed by atoms with Gasteiger partial charge in [0.15, 0.2) is 23.0 Å². The van der Waals surface area contributed by atoms with Crippen LogP contribution in [0.3, 0.4) is 0 Å². The van der Waals surface area contributed by atoms with Crippen molar-refractivity contribution in [3.05, 3.63) is 41.5 Å². The van der Waals surface area contributed by atoms with Gasteiger partial charge in [0.1, 0.15) is 12.9 Å². The van der Waals surface area contributed by atoms with E-state index in [0.29, 0.717) is 28.6 Å². The van der Waals surface area contributed by atoms with Gasteiger partial charge in [-0.15, -0.1) is 0 Å². The summed E-state index contributed by atoms with van der Waals surface area (Å²) in [5, 5.41) is 9.89. The molecule has 0 bridgehead atoms. The molecule has 122 valence electrons. The minimum Gasteiger partial charge on any atom is -0.502 e. The largest absolute Gasteiger partial charge is 0.502 e. The van der Waals surface area contributed by atoms with Gasteiger partial charge in [0.05, 0.1) is 21.3 Å². The number of methoxy groups -OCH3 is 3. The van der Waals surface area contributed by atoms with E-state index in [-0.39, 0.29) is 12.4 Å². The molecule has 0 saturated heterocycles. The van der Waals surface area contributed by atoms with Crippen LogP contribution in [0, 0.1) is 0 Å². The fourth-order valence-electron chi connectivity index (χ4n) is 2.07. The van der Waals surface area contributed by atoms with Crippen LogP contribution in [0.5, 0.6) is 28.7 Å². The zero-order valence-electron chi connectivity index (χ0n) is 13.2. The molecule has 0 spiro atoms. The topological polar surface area (TPSA) is 74.2 Å². The minimum atomic E-state index is -0.0633. The lowest BCUT2D eigenvalue weighted by Crippen LogP contribution is -2.00. The first-order valence-corrected chi connectivity index (χ1v) is 6.82. The molecule has 0 unspecified atom stereocenters. The number of carbonyl (C=O) groups excluding carboxylic acids is 1. The van der Waals surface area contributed by atoms with E-state index < -0.39 is 0 Å². The summed E-state index contributed by atoms with van der Waals surface area (Å²) < 4.78 is 21.1. The lowest BCUT2D eigenvalue weighted by atomic mass is 10.2. The highest BCUT2D eigenvalue weighted by atomic mass is 16.5. The third kappa shape index (κ3) is 3.66. The Bertz CT molecular complexity index is 670. The maximum atomic E-state index is 10.8. The Kier molecular flexibility index (Phi) is 5.30. The zero-order chi connectivity index (χ0) is 16.8. The van der Waals surface area contributed by atoms with Crippen molar-refractivity contribution in [2.24, 2.45) is 0 Å². The first kappa shape index (κ1) is 16.5. The molecule has 0 aromatic heterocycles. The van der Waals surface area contributed by atoms with Gasteiger partial charge in [0.25, 0.3) is 0 Å². The van der Waals surface area contributed by atoms with Crippen molar-refractivity contribution >= 4 is 6.29 Å². The van der Waals surface area contributed by atoms with E-state index >= 15 is 0 Å². The van der Waals surface area contributed by atoms with Gasteiger partial charge in [-0.1, -0.05) is 0 Å². The summed E-state index contributed by atoms with van der Waals surface area (Å²) in [7, 11) is 4.42. The highest BCUT2D eigenvalue weighted by Gasteiger charge is 2.12. The second-order valence-corrected chi connectivity index (χ2v) is 4.67. The molecule has 0 aliphatic heterocycles. The lowest BCUT2D eigenvalue weighted by Gasteiger charge is -2.13. The first-order chi connectivity index (χ1) is 11.1. The van der Waals surface area contributed by atoms with E-state index in [9.17, 15) is 9.90 Å². The summed E-state index contributed by atoms with van der Waals surface area (Å²) in [4.78, 5) is 10.8. The van der Waals surface area contributed by atoms with Gasteiger partial charge in [0.2, 0.25) is 5.75 Å². The van der Waals surface area contributed by atoms with E-state index in [2.05, 4.69) is 0 Å². The second-order valence-electron chi connectivity index (χ2n) is 4.67. The molecular formula is C17H18O6. The molecule has 0 saturated carbocycles. The summed E-state index contributed by atoms with van der Waals surface area (Å²) >= 11 is 0. The van der Waals surface area contributed by atoms with E-state index in [1.54, 1.807) is 30.3 Å². The van der Waals surface area contributed by atoms with Gasteiger partial charge in [-0.2, -0.15) is 0 Å². The van der Waals surface area contributed by atoms with Gasteiger partial charge in [0, 0.05) is 5.56 Å². The van der Waals surface area contributed by atoms with E-state index in [1.807, 2.05) is 0 Å². The first-order valence-electron chi connectivity index (χ1n) is 6.82. The number of benzene rings is 2. The molecule has 2 rings (SSSR count). The fraction of sp³-hybridized carbons (Fsp3) is 0.235. The quantitative estimate of drug-likeness (QED) is 0.791. The predicted octanol–water partition coefficient (Wildman–Crippen LogP) is 2.81. The van der Waals surface area contributed by atoms with Crippen LogP contribution in [0.2, 0.25) is 0 Å². The van der Waals surface area contributed by atoms with Gasteiger partial charge < -0.3 is 24.1 Å². The lowest BCUT2D eigenvalue weighted by molar-refractivity contribution is 0.112. The van der Waals surface area contributed by atoms with Crippen molar-refractivity contribution in [1.82, 2.24) is 0 Å². The molecule has 23 heavy (non-hydrogen) atoms. The smallest absolute Gasteiger partial charge is 0.200 e. The van der Waals surface area contributed by atoms with Gasteiger partial charge in [-0.25, -0.2) is 0 Å². The molecule has 0 aliphatic rings. The summed E-state index contributed by atoms with van der Waals surface area (Å²) in [5.74, 6) is 1.50. The molecule has 0 radical (unpaired) electrons. The normalized spacial score (nSPS) is 10.0. The summed E-state index contributed by atoms with van der Waals surface area (Å²) in [6.07, 6.45) is 0.738.